The molecule has 0 aliphatic carbocycles. The van der Waals surface area contributed by atoms with Crippen LogP contribution in [0.2, 0.25) is 0 Å². The fraction of sp³-hybridized carbons (Fsp3) is 0.429. The number of H-pyrrole nitrogens is 1. The Morgan fingerprint density at radius 3 is 2.62 bits per heavy atom. The third-order valence-corrected chi connectivity index (χ3v) is 3.81. The second-order valence-corrected chi connectivity index (χ2v) is 4.98. The van der Waals surface area contributed by atoms with Crippen LogP contribution in [0.25, 0.3) is 10.9 Å². The summed E-state index contributed by atoms with van der Waals surface area (Å²) < 4.78 is 0. The Balaban J connectivity index is 2.48. The molecule has 0 radical (unpaired) electrons. The molecule has 2 N–H and O–H groups in total. The predicted molar refractivity (Wildman–Crippen MR) is 69.9 cm³/mol. The SMILES string of the molecule is CNC(C)(C)C(C)c1c[nH]c2ccccc12. The molecule has 1 heterocycles. The van der Waals surface area contributed by atoms with Crippen LogP contribution in [0.1, 0.15) is 32.3 Å². The van der Waals surface area contributed by atoms with Crippen molar-refractivity contribution < 1.29 is 0 Å². The van der Waals surface area contributed by atoms with Gasteiger partial charge in [-0.1, -0.05) is 25.1 Å². The summed E-state index contributed by atoms with van der Waals surface area (Å²) in [4.78, 5) is 3.34. The van der Waals surface area contributed by atoms with Gasteiger partial charge in [0.1, 0.15) is 0 Å². The van der Waals surface area contributed by atoms with Gasteiger partial charge in [-0.2, -0.15) is 0 Å². The normalized spacial score (nSPS) is 14.2. The van der Waals surface area contributed by atoms with Gasteiger partial charge >= 0.3 is 0 Å². The maximum Gasteiger partial charge on any atom is 0.0456 e. The average molecular weight is 216 g/mol. The second kappa shape index (κ2) is 3.95. The van der Waals surface area contributed by atoms with Gasteiger partial charge in [-0.3, -0.25) is 0 Å². The summed E-state index contributed by atoms with van der Waals surface area (Å²) in [5, 5.41) is 4.71. The van der Waals surface area contributed by atoms with E-state index in [0.717, 1.165) is 0 Å². The zero-order valence-electron chi connectivity index (χ0n) is 10.5. The average Bonchev–Trinajstić information content (AvgIpc) is 2.71. The van der Waals surface area contributed by atoms with Crippen LogP contribution in [0.15, 0.2) is 30.5 Å². The molecule has 0 bridgehead atoms. The number of para-hydroxylation sites is 1. The highest BCUT2D eigenvalue weighted by atomic mass is 14.9. The van der Waals surface area contributed by atoms with E-state index in [1.807, 2.05) is 7.05 Å². The molecule has 2 rings (SSSR count). The molecule has 2 aromatic rings. The molecule has 2 heteroatoms. The van der Waals surface area contributed by atoms with Crippen LogP contribution in [0.4, 0.5) is 0 Å². The standard InChI is InChI=1S/C14H20N2/c1-10(14(2,3)15-4)12-9-16-13-8-6-5-7-11(12)13/h5-10,15-16H,1-4H3. The smallest absolute Gasteiger partial charge is 0.0456 e. The molecule has 1 aromatic heterocycles. The number of benzene rings is 1. The third-order valence-electron chi connectivity index (χ3n) is 3.81. The second-order valence-electron chi connectivity index (χ2n) is 4.98. The lowest BCUT2D eigenvalue weighted by Gasteiger charge is -2.31. The first-order valence-corrected chi connectivity index (χ1v) is 5.81. The van der Waals surface area contributed by atoms with Gasteiger partial charge in [0, 0.05) is 28.6 Å². The molecule has 86 valence electrons. The van der Waals surface area contributed by atoms with Crippen LogP contribution in [0.5, 0.6) is 0 Å². The molecule has 1 unspecified atom stereocenters. The van der Waals surface area contributed by atoms with Gasteiger partial charge in [-0.15, -0.1) is 0 Å². The molecular formula is C14H20N2. The van der Waals surface area contributed by atoms with E-state index in [-0.39, 0.29) is 5.54 Å². The zero-order valence-corrected chi connectivity index (χ0v) is 10.5. The first kappa shape index (κ1) is 11.2. The zero-order chi connectivity index (χ0) is 11.8. The highest BCUT2D eigenvalue weighted by molar-refractivity contribution is 5.83. The van der Waals surface area contributed by atoms with E-state index in [4.69, 9.17) is 0 Å². The monoisotopic (exact) mass is 216 g/mol. The molecule has 0 amide bonds. The van der Waals surface area contributed by atoms with Gasteiger partial charge in [0.15, 0.2) is 0 Å². The van der Waals surface area contributed by atoms with Crippen LogP contribution >= 0.6 is 0 Å². The number of aromatic nitrogens is 1. The van der Waals surface area contributed by atoms with Crippen LogP contribution < -0.4 is 5.32 Å². The molecular weight excluding hydrogens is 196 g/mol. The van der Waals surface area contributed by atoms with Crippen molar-refractivity contribution in [3.8, 4) is 0 Å². The fourth-order valence-electron chi connectivity index (χ4n) is 2.06. The van der Waals surface area contributed by atoms with Crippen molar-refractivity contribution in [3.63, 3.8) is 0 Å². The molecule has 0 saturated heterocycles. The largest absolute Gasteiger partial charge is 0.361 e. The van der Waals surface area contributed by atoms with E-state index >= 15 is 0 Å². The lowest BCUT2D eigenvalue weighted by Crippen LogP contribution is -2.41. The van der Waals surface area contributed by atoms with Crippen molar-refractivity contribution >= 4 is 10.9 Å². The molecule has 16 heavy (non-hydrogen) atoms. The van der Waals surface area contributed by atoms with Crippen LogP contribution in [0, 0.1) is 0 Å². The summed E-state index contributed by atoms with van der Waals surface area (Å²) in [6.45, 7) is 6.74. The van der Waals surface area contributed by atoms with Gasteiger partial charge in [0.25, 0.3) is 0 Å². The number of likely N-dealkylation sites (N-methyl/N-ethyl adjacent to an activating group) is 1. The van der Waals surface area contributed by atoms with Crippen molar-refractivity contribution in [3.05, 3.63) is 36.0 Å². The van der Waals surface area contributed by atoms with Crippen LogP contribution in [-0.2, 0) is 0 Å². The minimum Gasteiger partial charge on any atom is -0.361 e. The Bertz CT molecular complexity index is 482. The fourth-order valence-corrected chi connectivity index (χ4v) is 2.06. The Morgan fingerprint density at radius 1 is 1.25 bits per heavy atom. The minimum atomic E-state index is 0.102. The van der Waals surface area contributed by atoms with E-state index in [2.05, 4.69) is 61.5 Å². The predicted octanol–water partition coefficient (Wildman–Crippen LogP) is 3.27. The number of nitrogens with one attached hydrogen (secondary N) is 2. The first-order valence-electron chi connectivity index (χ1n) is 5.81. The topological polar surface area (TPSA) is 27.8 Å². The molecule has 2 nitrogen and oxygen atoms in total. The highest BCUT2D eigenvalue weighted by Crippen LogP contribution is 2.32. The van der Waals surface area contributed by atoms with Crippen LogP contribution in [0.3, 0.4) is 0 Å². The van der Waals surface area contributed by atoms with Gasteiger partial charge in [0.05, 0.1) is 0 Å². The van der Waals surface area contributed by atoms with Crippen molar-refractivity contribution in [2.45, 2.75) is 32.2 Å². The van der Waals surface area contributed by atoms with E-state index < -0.39 is 0 Å². The van der Waals surface area contributed by atoms with Crippen LogP contribution in [-0.4, -0.2) is 17.6 Å². The van der Waals surface area contributed by atoms with E-state index in [0.29, 0.717) is 5.92 Å². The van der Waals surface area contributed by atoms with Crippen molar-refractivity contribution in [1.29, 1.82) is 0 Å². The maximum atomic E-state index is 3.38. The molecule has 1 atom stereocenters. The molecule has 1 aromatic carbocycles. The van der Waals surface area contributed by atoms with E-state index in [1.54, 1.807) is 0 Å². The first-order chi connectivity index (χ1) is 7.56. The molecule has 0 spiro atoms. The number of hydrogen-bond acceptors (Lipinski definition) is 1. The molecule has 0 aliphatic rings. The third kappa shape index (κ3) is 1.74. The van der Waals surface area contributed by atoms with Crippen molar-refractivity contribution in [2.75, 3.05) is 7.05 Å². The van der Waals surface area contributed by atoms with Gasteiger partial charge < -0.3 is 10.3 Å². The molecule has 0 aliphatic heterocycles. The Labute approximate surface area is 97.1 Å². The van der Waals surface area contributed by atoms with Crippen molar-refractivity contribution in [2.24, 2.45) is 0 Å². The van der Waals surface area contributed by atoms with Gasteiger partial charge in [0.2, 0.25) is 0 Å². The summed E-state index contributed by atoms with van der Waals surface area (Å²) in [6.07, 6.45) is 2.13. The Kier molecular flexibility index (Phi) is 2.76. The highest BCUT2D eigenvalue weighted by Gasteiger charge is 2.26. The Hall–Kier alpha value is -1.28. The number of aromatic amines is 1. The quantitative estimate of drug-likeness (QED) is 0.809. The van der Waals surface area contributed by atoms with Crippen molar-refractivity contribution in [1.82, 2.24) is 10.3 Å². The lowest BCUT2D eigenvalue weighted by molar-refractivity contribution is 0.361. The summed E-state index contributed by atoms with van der Waals surface area (Å²) in [7, 11) is 2.02. The summed E-state index contributed by atoms with van der Waals surface area (Å²) in [5.74, 6) is 0.466. The summed E-state index contributed by atoms with van der Waals surface area (Å²) >= 11 is 0. The minimum absolute atomic E-state index is 0.102. The maximum absolute atomic E-state index is 3.38. The molecule has 0 saturated carbocycles. The Morgan fingerprint density at radius 2 is 1.94 bits per heavy atom. The van der Waals surface area contributed by atoms with E-state index in [9.17, 15) is 0 Å². The molecule has 0 fully saturated rings. The number of fused-ring (bicyclic) bond motifs is 1. The summed E-state index contributed by atoms with van der Waals surface area (Å²) in [6, 6.07) is 8.47. The van der Waals surface area contributed by atoms with Gasteiger partial charge in [-0.05, 0) is 32.5 Å². The van der Waals surface area contributed by atoms with E-state index in [1.165, 1.54) is 16.5 Å². The number of rotatable bonds is 3. The lowest BCUT2D eigenvalue weighted by atomic mass is 9.83. The number of hydrogen-bond donors (Lipinski definition) is 2. The summed E-state index contributed by atoms with van der Waals surface area (Å²) in [5.41, 5.74) is 2.71. The van der Waals surface area contributed by atoms with Gasteiger partial charge in [-0.25, -0.2) is 0 Å².